The summed E-state index contributed by atoms with van der Waals surface area (Å²) in [6.45, 7) is 23.3. The molecular formula is C45H73N7O5S. The number of hydrogen-bond donors (Lipinski definition) is 4. The molecule has 0 radical (unpaired) electrons. The predicted molar refractivity (Wildman–Crippen MR) is 228 cm³/mol. The van der Waals surface area contributed by atoms with E-state index in [4.69, 9.17) is 0 Å². The average Bonchev–Trinajstić information content (AvgIpc) is 3.57. The number of nitrogens with zero attached hydrogens (tertiary/aromatic N) is 3. The van der Waals surface area contributed by atoms with Gasteiger partial charge < -0.3 is 20.9 Å². The number of amides is 5. The van der Waals surface area contributed by atoms with Crippen LogP contribution in [0.5, 0.6) is 0 Å². The highest BCUT2D eigenvalue weighted by Gasteiger charge is 2.85. The molecule has 5 amide bonds. The van der Waals surface area contributed by atoms with Crippen molar-refractivity contribution >= 4 is 41.7 Å². The number of hydrogen-bond acceptors (Lipinski definition) is 8. The highest BCUT2D eigenvalue weighted by Crippen LogP contribution is 2.88. The lowest BCUT2D eigenvalue weighted by Gasteiger charge is -2.41. The van der Waals surface area contributed by atoms with Crippen molar-refractivity contribution in [3.05, 3.63) is 12.7 Å². The van der Waals surface area contributed by atoms with Gasteiger partial charge in [-0.15, -0.1) is 6.58 Å². The quantitative estimate of drug-likeness (QED) is 0.150. The third kappa shape index (κ3) is 7.43. The third-order valence-electron chi connectivity index (χ3n) is 16.2. The number of piperidine rings is 1. The predicted octanol–water partition coefficient (Wildman–Crippen LogP) is 5.48. The molecule has 0 aromatic heterocycles. The minimum Gasteiger partial charge on any atom is -0.342 e. The zero-order chi connectivity index (χ0) is 42.1. The van der Waals surface area contributed by atoms with Gasteiger partial charge in [0.05, 0.1) is 6.04 Å². The lowest BCUT2D eigenvalue weighted by atomic mass is 9.73. The summed E-state index contributed by atoms with van der Waals surface area (Å²) >= 11 is 1.30. The average molecular weight is 824 g/mol. The van der Waals surface area contributed by atoms with Crippen LogP contribution in [0.15, 0.2) is 12.7 Å². The van der Waals surface area contributed by atoms with E-state index in [1.807, 2.05) is 41.5 Å². The summed E-state index contributed by atoms with van der Waals surface area (Å²) in [6, 6.07) is -2.51. The Morgan fingerprint density at radius 1 is 0.741 bits per heavy atom. The van der Waals surface area contributed by atoms with Gasteiger partial charge in [0.1, 0.15) is 23.7 Å². The Morgan fingerprint density at radius 2 is 1.36 bits per heavy atom. The molecule has 0 bridgehead atoms. The van der Waals surface area contributed by atoms with Crippen LogP contribution < -0.4 is 20.7 Å². The summed E-state index contributed by atoms with van der Waals surface area (Å²) in [5.74, 6) is -1.60. The van der Waals surface area contributed by atoms with Crippen LogP contribution in [0.1, 0.15) is 145 Å². The zero-order valence-electron chi connectivity index (χ0n) is 36.8. The summed E-state index contributed by atoms with van der Waals surface area (Å²) < 4.78 is 5.14. The second-order valence-corrected chi connectivity index (χ2v) is 22.7. The van der Waals surface area contributed by atoms with Crippen molar-refractivity contribution in [2.75, 3.05) is 26.2 Å². The molecule has 7 unspecified atom stereocenters. The number of likely N-dealkylation sites (tertiary alicyclic amines) is 2. The highest BCUT2D eigenvalue weighted by atomic mass is 32.2. The summed E-state index contributed by atoms with van der Waals surface area (Å²) in [7, 11) is 0. The molecule has 7 aliphatic rings. The lowest BCUT2D eigenvalue weighted by molar-refractivity contribution is -0.145. The van der Waals surface area contributed by atoms with Gasteiger partial charge >= 0.3 is 0 Å². The van der Waals surface area contributed by atoms with Crippen LogP contribution in [0.2, 0.25) is 0 Å². The van der Waals surface area contributed by atoms with E-state index in [1.165, 1.54) is 25.0 Å². The Hall–Kier alpha value is -2.64. The summed E-state index contributed by atoms with van der Waals surface area (Å²) in [5.41, 5.74) is -2.72. The Bertz CT molecular complexity index is 1640. The van der Waals surface area contributed by atoms with Crippen molar-refractivity contribution in [1.82, 2.24) is 34.8 Å². The molecule has 58 heavy (non-hydrogen) atoms. The van der Waals surface area contributed by atoms with Gasteiger partial charge in [0.15, 0.2) is 0 Å². The summed E-state index contributed by atoms with van der Waals surface area (Å²) in [4.78, 5) is 76.6. The molecule has 0 aromatic rings. The maximum atomic E-state index is 15.2. The third-order valence-corrected chi connectivity index (χ3v) is 17.1. The first-order chi connectivity index (χ1) is 27.2. The molecule has 7 atom stereocenters. The van der Waals surface area contributed by atoms with Gasteiger partial charge in [-0.3, -0.25) is 33.6 Å². The fourth-order valence-electron chi connectivity index (χ4n) is 12.2. The molecule has 13 heteroatoms. The normalized spacial score (nSPS) is 33.0. The maximum Gasteiger partial charge on any atom is 0.257 e. The minimum atomic E-state index is -1.12. The van der Waals surface area contributed by atoms with Gasteiger partial charge in [-0.05, 0) is 92.4 Å². The number of fused-ring (bicyclic) bond motifs is 1. The van der Waals surface area contributed by atoms with Crippen molar-refractivity contribution in [2.45, 2.75) is 181 Å². The molecule has 7 fully saturated rings. The fraction of sp³-hybridized carbons (Fsp3) is 0.844. The van der Waals surface area contributed by atoms with E-state index in [0.29, 0.717) is 25.4 Å². The Kier molecular flexibility index (Phi) is 11.7. The molecule has 4 saturated carbocycles. The summed E-state index contributed by atoms with van der Waals surface area (Å²) in [5, 5.41) is 9.51. The largest absolute Gasteiger partial charge is 0.342 e. The van der Waals surface area contributed by atoms with Crippen LogP contribution in [0.25, 0.3) is 0 Å². The second kappa shape index (κ2) is 15.7. The van der Waals surface area contributed by atoms with E-state index in [2.05, 4.69) is 50.3 Å². The smallest absolute Gasteiger partial charge is 0.257 e. The van der Waals surface area contributed by atoms with E-state index in [-0.39, 0.29) is 51.8 Å². The molecule has 3 heterocycles. The van der Waals surface area contributed by atoms with Crippen LogP contribution in [-0.2, 0) is 24.0 Å². The van der Waals surface area contributed by atoms with Gasteiger partial charge in [-0.2, -0.15) is 0 Å². The second-order valence-electron chi connectivity index (χ2n) is 21.8. The molecule has 3 saturated heterocycles. The van der Waals surface area contributed by atoms with Crippen molar-refractivity contribution in [3.63, 3.8) is 0 Å². The van der Waals surface area contributed by atoms with E-state index >= 15 is 4.79 Å². The molecule has 4 N–H and O–H groups in total. The standard InChI is InChI=1S/C45H73N7O5S/c1-10-29-26-45(29,39(57)49-58-50-23-15-16-24-50)48-36(54)32-27-44(42(8,9)43(44)21-17-22-43)28-52(32)38(56)34(41(5,6)7)47-37(55)33(40(2,3)4)46-35(53)31-20-13-14-25-51(31)30-18-11-12-19-30/h10,29-34H,1,11-28H2,2-9H3,(H,46,53)(H,47,55)(H,48,54)(H,49,57). The molecule has 4 aliphatic carbocycles. The maximum absolute atomic E-state index is 15.2. The minimum absolute atomic E-state index is 0.0613. The first-order valence-electron chi connectivity index (χ1n) is 22.6. The molecule has 2 spiro atoms. The molecule has 324 valence electrons. The van der Waals surface area contributed by atoms with Crippen molar-refractivity contribution < 1.29 is 24.0 Å². The molecule has 3 aliphatic heterocycles. The van der Waals surface area contributed by atoms with Gasteiger partial charge in [0.2, 0.25) is 23.6 Å². The molecular weight excluding hydrogens is 751 g/mol. The zero-order valence-corrected chi connectivity index (χ0v) is 37.6. The highest BCUT2D eigenvalue weighted by molar-refractivity contribution is 7.95. The van der Waals surface area contributed by atoms with E-state index in [9.17, 15) is 19.2 Å². The fourth-order valence-corrected chi connectivity index (χ4v) is 13.1. The van der Waals surface area contributed by atoms with Crippen LogP contribution in [-0.4, -0.2) is 106 Å². The van der Waals surface area contributed by atoms with Gasteiger partial charge in [0.25, 0.3) is 5.91 Å². The van der Waals surface area contributed by atoms with E-state index in [0.717, 1.165) is 83.8 Å². The Balaban J connectivity index is 1.12. The van der Waals surface area contributed by atoms with Crippen molar-refractivity contribution in [1.29, 1.82) is 0 Å². The Morgan fingerprint density at radius 3 is 1.91 bits per heavy atom. The van der Waals surface area contributed by atoms with E-state index < -0.39 is 40.4 Å². The van der Waals surface area contributed by atoms with Crippen LogP contribution in [0, 0.1) is 33.0 Å². The monoisotopic (exact) mass is 824 g/mol. The van der Waals surface area contributed by atoms with Gasteiger partial charge in [0, 0.05) is 49.1 Å². The first-order valence-corrected chi connectivity index (χ1v) is 23.3. The van der Waals surface area contributed by atoms with Crippen molar-refractivity contribution in [3.8, 4) is 0 Å². The van der Waals surface area contributed by atoms with Crippen LogP contribution >= 0.6 is 12.1 Å². The Labute approximate surface area is 352 Å². The van der Waals surface area contributed by atoms with Crippen LogP contribution in [0.3, 0.4) is 0 Å². The number of nitrogens with one attached hydrogen (secondary N) is 4. The van der Waals surface area contributed by atoms with Gasteiger partial charge in [-0.1, -0.05) is 87.1 Å². The number of rotatable bonds is 12. The molecule has 0 aromatic carbocycles. The molecule has 7 rings (SSSR count). The number of carbonyl (C=O) groups is 5. The SMILES string of the molecule is C=CC1CC1(NC(=O)C1CC2(CN1C(=O)C(NC(=O)C(NC(=O)C1CCCCN1C1CCCC1)C(C)(C)C)C(C)(C)C)C(C)(C)C21CCC1)C(=O)NSN1CCCC1. The van der Waals surface area contributed by atoms with Crippen LogP contribution in [0.4, 0.5) is 0 Å². The van der Waals surface area contributed by atoms with Crippen molar-refractivity contribution in [2.24, 2.45) is 33.0 Å². The summed E-state index contributed by atoms with van der Waals surface area (Å²) in [6.07, 6.45) is 15.6. The van der Waals surface area contributed by atoms with Gasteiger partial charge in [-0.25, -0.2) is 4.31 Å². The van der Waals surface area contributed by atoms with E-state index in [1.54, 1.807) is 11.0 Å². The first kappa shape index (κ1) is 43.4. The lowest BCUT2D eigenvalue weighted by Crippen LogP contribution is -2.64. The topological polar surface area (TPSA) is 143 Å². The molecule has 12 nitrogen and oxygen atoms in total. The number of carbonyl (C=O) groups excluding carboxylic acids is 5.